The predicted octanol–water partition coefficient (Wildman–Crippen LogP) is 10.1. The fourth-order valence-electron chi connectivity index (χ4n) is 5.32. The van der Waals surface area contributed by atoms with E-state index in [2.05, 4.69) is 4.90 Å². The molecule has 0 saturated carbocycles. The highest BCUT2D eigenvalue weighted by molar-refractivity contribution is 5.92. The van der Waals surface area contributed by atoms with Crippen molar-refractivity contribution in [2.75, 3.05) is 9.80 Å². The molecule has 0 amide bonds. The quantitative estimate of drug-likeness (QED) is 0.125. The molecule has 0 N–H and O–H groups in total. The lowest BCUT2D eigenvalue weighted by Crippen LogP contribution is -2.13. The van der Waals surface area contributed by atoms with Crippen LogP contribution in [0, 0.1) is 20.2 Å². The summed E-state index contributed by atoms with van der Waals surface area (Å²) in [6.45, 7) is 0. The predicted molar refractivity (Wildman–Crippen MR) is 175 cm³/mol. The van der Waals surface area contributed by atoms with Gasteiger partial charge in [0.2, 0.25) is 0 Å². The van der Waals surface area contributed by atoms with Gasteiger partial charge in [0.25, 0.3) is 0 Å². The molecule has 0 aromatic heterocycles. The van der Waals surface area contributed by atoms with Crippen molar-refractivity contribution in [1.29, 1.82) is 0 Å². The molecule has 0 aliphatic carbocycles. The SMILES string of the molecule is O=[N+]([O-])c1c(-c2ccc(N(c3ccccc3)c3ccccc3)cc2)ccc(N(c2ccccc2)c2ccccc2)c1[N+](=O)[O-]. The molecule has 0 atom stereocenters. The zero-order chi connectivity index (χ0) is 30.5. The van der Waals surface area contributed by atoms with Crippen LogP contribution in [0.2, 0.25) is 0 Å². The van der Waals surface area contributed by atoms with Gasteiger partial charge in [0.1, 0.15) is 5.69 Å². The zero-order valence-electron chi connectivity index (χ0n) is 23.4. The first-order chi connectivity index (χ1) is 21.5. The van der Waals surface area contributed by atoms with Gasteiger partial charge in [-0.25, -0.2) is 0 Å². The van der Waals surface area contributed by atoms with Gasteiger partial charge in [-0.05, 0) is 78.4 Å². The second kappa shape index (κ2) is 12.3. The Balaban J connectivity index is 1.49. The number of para-hydroxylation sites is 4. The van der Waals surface area contributed by atoms with Crippen molar-refractivity contribution in [2.45, 2.75) is 0 Å². The van der Waals surface area contributed by atoms with E-state index in [0.717, 1.165) is 17.1 Å². The Bertz CT molecular complexity index is 1820. The van der Waals surface area contributed by atoms with Crippen LogP contribution in [0.4, 0.5) is 45.5 Å². The Morgan fingerprint density at radius 1 is 0.386 bits per heavy atom. The topological polar surface area (TPSA) is 92.8 Å². The van der Waals surface area contributed by atoms with E-state index in [9.17, 15) is 20.2 Å². The summed E-state index contributed by atoms with van der Waals surface area (Å²) in [5.74, 6) is 0. The van der Waals surface area contributed by atoms with Crippen LogP contribution >= 0.6 is 0 Å². The first-order valence-corrected chi connectivity index (χ1v) is 13.9. The molecule has 44 heavy (non-hydrogen) atoms. The highest BCUT2D eigenvalue weighted by Crippen LogP contribution is 2.48. The molecule has 214 valence electrons. The van der Waals surface area contributed by atoms with Crippen molar-refractivity contribution >= 4 is 45.5 Å². The molecule has 0 aliphatic heterocycles. The third kappa shape index (κ3) is 5.47. The second-order valence-corrected chi connectivity index (χ2v) is 9.90. The lowest BCUT2D eigenvalue weighted by molar-refractivity contribution is -0.421. The average molecular weight is 579 g/mol. The van der Waals surface area contributed by atoms with Gasteiger partial charge in [-0.1, -0.05) is 84.9 Å². The number of nitro groups is 2. The monoisotopic (exact) mass is 578 g/mol. The first-order valence-electron chi connectivity index (χ1n) is 13.9. The largest absolute Gasteiger partial charge is 0.370 e. The van der Waals surface area contributed by atoms with Gasteiger partial charge in [0.15, 0.2) is 0 Å². The van der Waals surface area contributed by atoms with E-state index in [-0.39, 0.29) is 11.3 Å². The van der Waals surface area contributed by atoms with Crippen LogP contribution in [0.5, 0.6) is 0 Å². The summed E-state index contributed by atoms with van der Waals surface area (Å²) in [7, 11) is 0. The van der Waals surface area contributed by atoms with Crippen LogP contribution in [-0.2, 0) is 0 Å². The molecular weight excluding hydrogens is 552 g/mol. The molecular formula is C36H26N4O4. The zero-order valence-corrected chi connectivity index (χ0v) is 23.4. The molecule has 6 aromatic rings. The van der Waals surface area contributed by atoms with Crippen molar-refractivity contribution in [3.8, 4) is 11.1 Å². The van der Waals surface area contributed by atoms with Crippen LogP contribution in [0.15, 0.2) is 158 Å². The van der Waals surface area contributed by atoms with Crippen molar-refractivity contribution in [2.24, 2.45) is 0 Å². The standard InChI is InChI=1S/C36H26N4O4/c41-39(42)35-33(27-21-23-32(24-22-27)37(28-13-5-1-6-14-28)29-15-7-2-8-16-29)25-26-34(36(35)40(43)44)38(30-17-9-3-10-18-30)31-19-11-4-12-20-31/h1-26H. The van der Waals surface area contributed by atoms with Gasteiger partial charge >= 0.3 is 11.4 Å². The minimum absolute atomic E-state index is 0.0961. The van der Waals surface area contributed by atoms with Crippen LogP contribution in [0.25, 0.3) is 11.1 Å². The maximum atomic E-state index is 12.6. The van der Waals surface area contributed by atoms with Crippen molar-refractivity contribution in [3.05, 3.63) is 178 Å². The van der Waals surface area contributed by atoms with Gasteiger partial charge in [0.05, 0.1) is 15.4 Å². The first kappa shape index (κ1) is 27.9. The molecule has 0 saturated heterocycles. The Kier molecular flexibility index (Phi) is 7.79. The minimum atomic E-state index is -0.670. The molecule has 8 nitrogen and oxygen atoms in total. The Morgan fingerprint density at radius 3 is 1.14 bits per heavy atom. The van der Waals surface area contributed by atoms with Crippen LogP contribution < -0.4 is 9.80 Å². The van der Waals surface area contributed by atoms with Crippen molar-refractivity contribution in [3.63, 3.8) is 0 Å². The van der Waals surface area contributed by atoms with E-state index in [4.69, 9.17) is 0 Å². The molecule has 0 radical (unpaired) electrons. The summed E-state index contributed by atoms with van der Waals surface area (Å²) < 4.78 is 0. The molecule has 0 unspecified atom stereocenters. The highest BCUT2D eigenvalue weighted by atomic mass is 16.6. The third-order valence-electron chi connectivity index (χ3n) is 7.23. The molecule has 0 spiro atoms. The third-order valence-corrected chi connectivity index (χ3v) is 7.23. The lowest BCUT2D eigenvalue weighted by Gasteiger charge is -2.26. The number of hydrogen-bond acceptors (Lipinski definition) is 6. The Labute approximate surface area is 254 Å². The Morgan fingerprint density at radius 2 is 0.750 bits per heavy atom. The normalized spacial score (nSPS) is 10.6. The molecule has 0 heterocycles. The number of hydrogen-bond donors (Lipinski definition) is 0. The van der Waals surface area contributed by atoms with E-state index in [1.165, 1.54) is 0 Å². The molecule has 8 heteroatoms. The van der Waals surface area contributed by atoms with E-state index in [0.29, 0.717) is 16.9 Å². The molecule has 6 rings (SSSR count). The van der Waals surface area contributed by atoms with Gasteiger partial charge in [-0.15, -0.1) is 0 Å². The van der Waals surface area contributed by atoms with E-state index >= 15 is 0 Å². The summed E-state index contributed by atoms with van der Waals surface area (Å²) in [6.07, 6.45) is 0. The van der Waals surface area contributed by atoms with Gasteiger partial charge in [-0.3, -0.25) is 20.2 Å². The average Bonchev–Trinajstić information content (AvgIpc) is 3.07. The number of anilines is 6. The summed E-state index contributed by atoms with van der Waals surface area (Å²) in [4.78, 5) is 27.6. The minimum Gasteiger partial charge on any atom is -0.311 e. The second-order valence-electron chi connectivity index (χ2n) is 9.90. The highest BCUT2D eigenvalue weighted by Gasteiger charge is 2.36. The van der Waals surface area contributed by atoms with Gasteiger partial charge in [0, 0.05) is 28.4 Å². The number of nitrogens with zero attached hydrogens (tertiary/aromatic N) is 4. The maximum Gasteiger partial charge on any atom is 0.370 e. The van der Waals surface area contributed by atoms with Gasteiger partial charge in [-0.2, -0.15) is 0 Å². The summed E-state index contributed by atoms with van der Waals surface area (Å²) in [5.41, 5.74) is 3.58. The van der Waals surface area contributed by atoms with Crippen molar-refractivity contribution < 1.29 is 9.85 Å². The maximum absolute atomic E-state index is 12.6. The van der Waals surface area contributed by atoms with Crippen LogP contribution in [0.3, 0.4) is 0 Å². The van der Waals surface area contributed by atoms with E-state index < -0.39 is 21.2 Å². The molecule has 0 bridgehead atoms. The molecule has 6 aromatic carbocycles. The van der Waals surface area contributed by atoms with E-state index in [1.807, 2.05) is 109 Å². The fraction of sp³-hybridized carbons (Fsp3) is 0. The molecule has 0 aliphatic rings. The fourth-order valence-corrected chi connectivity index (χ4v) is 5.32. The Hall–Kier alpha value is -6.28. The summed E-state index contributed by atoms with van der Waals surface area (Å²) in [5, 5.41) is 25.2. The number of nitro benzene ring substituents is 2. The summed E-state index contributed by atoms with van der Waals surface area (Å²) >= 11 is 0. The lowest BCUT2D eigenvalue weighted by atomic mass is 10.00. The number of benzene rings is 6. The smallest absolute Gasteiger partial charge is 0.311 e. The molecule has 0 fully saturated rings. The van der Waals surface area contributed by atoms with Gasteiger partial charge < -0.3 is 9.80 Å². The number of rotatable bonds is 9. The van der Waals surface area contributed by atoms with Crippen LogP contribution in [0.1, 0.15) is 0 Å². The summed E-state index contributed by atoms with van der Waals surface area (Å²) in [6, 6.07) is 48.3. The van der Waals surface area contributed by atoms with E-state index in [1.54, 1.807) is 53.4 Å². The van der Waals surface area contributed by atoms with Crippen molar-refractivity contribution in [1.82, 2.24) is 0 Å². The van der Waals surface area contributed by atoms with Crippen LogP contribution in [-0.4, -0.2) is 9.85 Å².